The van der Waals surface area contributed by atoms with E-state index in [1.54, 1.807) is 25.6 Å². The standard InChI is InChI=1S/C17H15N3O2/c1-22-15-5-6-16-12(9-15)8-13(10-19-16)17(21)20-11-14-4-2-3-7-18-14/h2-10H,11H2,1H3,(H,20,21). The van der Waals surface area contributed by atoms with Crippen molar-refractivity contribution in [2.45, 2.75) is 6.54 Å². The fraction of sp³-hybridized carbons (Fsp3) is 0.118. The van der Waals surface area contributed by atoms with Gasteiger partial charge in [-0.2, -0.15) is 0 Å². The number of hydrogen-bond donors (Lipinski definition) is 1. The van der Waals surface area contributed by atoms with Crippen molar-refractivity contribution in [2.24, 2.45) is 0 Å². The van der Waals surface area contributed by atoms with Gasteiger partial charge in [0.15, 0.2) is 0 Å². The molecule has 3 rings (SSSR count). The van der Waals surface area contributed by atoms with Gasteiger partial charge in [-0.25, -0.2) is 0 Å². The summed E-state index contributed by atoms with van der Waals surface area (Å²) in [4.78, 5) is 20.7. The summed E-state index contributed by atoms with van der Waals surface area (Å²) in [5, 5.41) is 3.70. The van der Waals surface area contributed by atoms with Gasteiger partial charge in [-0.1, -0.05) is 6.07 Å². The van der Waals surface area contributed by atoms with Crippen molar-refractivity contribution in [3.8, 4) is 5.75 Å². The number of benzene rings is 1. The summed E-state index contributed by atoms with van der Waals surface area (Å²) in [7, 11) is 1.61. The van der Waals surface area contributed by atoms with Crippen LogP contribution in [0.1, 0.15) is 16.1 Å². The second-order valence-corrected chi connectivity index (χ2v) is 4.79. The highest BCUT2D eigenvalue weighted by Gasteiger charge is 2.08. The second-order valence-electron chi connectivity index (χ2n) is 4.79. The van der Waals surface area contributed by atoms with Crippen LogP contribution in [0.3, 0.4) is 0 Å². The number of nitrogens with zero attached hydrogens (tertiary/aromatic N) is 2. The van der Waals surface area contributed by atoms with Gasteiger partial charge < -0.3 is 10.1 Å². The average molecular weight is 293 g/mol. The average Bonchev–Trinajstić information content (AvgIpc) is 2.59. The Morgan fingerprint density at radius 2 is 2.09 bits per heavy atom. The lowest BCUT2D eigenvalue weighted by Gasteiger charge is -2.06. The van der Waals surface area contributed by atoms with Crippen molar-refractivity contribution < 1.29 is 9.53 Å². The molecule has 0 atom stereocenters. The van der Waals surface area contributed by atoms with E-state index < -0.39 is 0 Å². The molecular formula is C17H15N3O2. The van der Waals surface area contributed by atoms with Crippen molar-refractivity contribution in [1.82, 2.24) is 15.3 Å². The van der Waals surface area contributed by atoms with Crippen molar-refractivity contribution in [1.29, 1.82) is 0 Å². The number of carbonyl (C=O) groups excluding carboxylic acids is 1. The zero-order valence-corrected chi connectivity index (χ0v) is 12.1. The first-order valence-corrected chi connectivity index (χ1v) is 6.88. The molecule has 3 aromatic rings. The summed E-state index contributed by atoms with van der Waals surface area (Å²) < 4.78 is 5.19. The SMILES string of the molecule is COc1ccc2ncc(C(=O)NCc3ccccn3)cc2c1. The number of rotatable bonds is 4. The molecule has 0 aliphatic heterocycles. The zero-order valence-electron chi connectivity index (χ0n) is 12.1. The summed E-state index contributed by atoms with van der Waals surface area (Å²) in [5.74, 6) is 0.559. The summed E-state index contributed by atoms with van der Waals surface area (Å²) in [6, 6.07) is 13.0. The molecule has 0 unspecified atom stereocenters. The first kappa shape index (κ1) is 14.0. The summed E-state index contributed by atoms with van der Waals surface area (Å²) >= 11 is 0. The Hall–Kier alpha value is -2.95. The van der Waals surface area contributed by atoms with E-state index in [-0.39, 0.29) is 5.91 Å². The van der Waals surface area contributed by atoms with E-state index in [0.717, 1.165) is 22.3 Å². The number of ether oxygens (including phenoxy) is 1. The Morgan fingerprint density at radius 1 is 1.18 bits per heavy atom. The van der Waals surface area contributed by atoms with Crippen LogP contribution < -0.4 is 10.1 Å². The lowest BCUT2D eigenvalue weighted by Crippen LogP contribution is -2.23. The summed E-state index contributed by atoms with van der Waals surface area (Å²) in [6.45, 7) is 0.385. The van der Waals surface area contributed by atoms with Crippen LogP contribution in [0.4, 0.5) is 0 Å². The third-order valence-electron chi connectivity index (χ3n) is 3.31. The fourth-order valence-corrected chi connectivity index (χ4v) is 2.14. The maximum Gasteiger partial charge on any atom is 0.253 e. The number of fused-ring (bicyclic) bond motifs is 1. The molecule has 1 N–H and O–H groups in total. The lowest BCUT2D eigenvalue weighted by molar-refractivity contribution is 0.0950. The van der Waals surface area contributed by atoms with Crippen LogP contribution in [0, 0.1) is 0 Å². The predicted molar refractivity (Wildman–Crippen MR) is 83.7 cm³/mol. The molecule has 22 heavy (non-hydrogen) atoms. The van der Waals surface area contributed by atoms with Crippen LogP contribution in [-0.4, -0.2) is 23.0 Å². The topological polar surface area (TPSA) is 64.1 Å². The van der Waals surface area contributed by atoms with E-state index >= 15 is 0 Å². The molecule has 2 aromatic heterocycles. The molecule has 110 valence electrons. The maximum atomic E-state index is 12.2. The van der Waals surface area contributed by atoms with E-state index in [4.69, 9.17) is 4.74 Å². The molecule has 0 spiro atoms. The molecule has 0 saturated heterocycles. The smallest absolute Gasteiger partial charge is 0.253 e. The van der Waals surface area contributed by atoms with Crippen LogP contribution in [0.15, 0.2) is 54.9 Å². The van der Waals surface area contributed by atoms with Crippen LogP contribution >= 0.6 is 0 Å². The zero-order chi connectivity index (χ0) is 15.4. The van der Waals surface area contributed by atoms with Crippen molar-refractivity contribution in [3.63, 3.8) is 0 Å². The van der Waals surface area contributed by atoms with Gasteiger partial charge in [0.2, 0.25) is 0 Å². The second kappa shape index (κ2) is 6.22. The molecule has 0 bridgehead atoms. The minimum absolute atomic E-state index is 0.178. The molecule has 1 aromatic carbocycles. The number of hydrogen-bond acceptors (Lipinski definition) is 4. The van der Waals surface area contributed by atoms with E-state index in [2.05, 4.69) is 15.3 Å². The molecule has 2 heterocycles. The monoisotopic (exact) mass is 293 g/mol. The van der Waals surface area contributed by atoms with E-state index in [0.29, 0.717) is 12.1 Å². The van der Waals surface area contributed by atoms with Gasteiger partial charge in [-0.15, -0.1) is 0 Å². The van der Waals surface area contributed by atoms with E-state index in [1.165, 1.54) is 0 Å². The highest BCUT2D eigenvalue weighted by atomic mass is 16.5. The maximum absolute atomic E-state index is 12.2. The minimum Gasteiger partial charge on any atom is -0.497 e. The van der Waals surface area contributed by atoms with Crippen LogP contribution in [-0.2, 0) is 6.54 Å². The van der Waals surface area contributed by atoms with E-state index in [9.17, 15) is 4.79 Å². The van der Waals surface area contributed by atoms with Gasteiger partial charge in [-0.3, -0.25) is 14.8 Å². The Bertz CT molecular complexity index is 803. The number of aromatic nitrogens is 2. The highest BCUT2D eigenvalue weighted by Crippen LogP contribution is 2.20. The Balaban J connectivity index is 1.78. The fourth-order valence-electron chi connectivity index (χ4n) is 2.14. The third-order valence-corrected chi connectivity index (χ3v) is 3.31. The lowest BCUT2D eigenvalue weighted by atomic mass is 10.1. The Labute approximate surface area is 128 Å². The molecular weight excluding hydrogens is 278 g/mol. The van der Waals surface area contributed by atoms with Crippen LogP contribution in [0.25, 0.3) is 10.9 Å². The first-order valence-electron chi connectivity index (χ1n) is 6.88. The summed E-state index contributed by atoms with van der Waals surface area (Å²) in [6.07, 6.45) is 3.27. The van der Waals surface area contributed by atoms with Gasteiger partial charge in [0, 0.05) is 17.8 Å². The summed E-state index contributed by atoms with van der Waals surface area (Å²) in [5.41, 5.74) is 2.14. The van der Waals surface area contributed by atoms with Crippen molar-refractivity contribution in [2.75, 3.05) is 7.11 Å². The molecule has 1 amide bonds. The van der Waals surface area contributed by atoms with Gasteiger partial charge in [-0.05, 0) is 36.4 Å². The van der Waals surface area contributed by atoms with Gasteiger partial charge in [0.05, 0.1) is 30.4 Å². The first-order chi connectivity index (χ1) is 10.8. The molecule has 0 radical (unpaired) electrons. The van der Waals surface area contributed by atoms with Crippen molar-refractivity contribution >= 4 is 16.8 Å². The molecule has 0 saturated carbocycles. The van der Waals surface area contributed by atoms with Crippen molar-refractivity contribution in [3.05, 3.63) is 66.1 Å². The molecule has 0 aliphatic rings. The Kier molecular flexibility index (Phi) is 3.96. The number of carbonyl (C=O) groups is 1. The van der Waals surface area contributed by atoms with Crippen LogP contribution in [0.2, 0.25) is 0 Å². The van der Waals surface area contributed by atoms with Gasteiger partial charge in [0.25, 0.3) is 5.91 Å². The molecule has 5 heteroatoms. The largest absolute Gasteiger partial charge is 0.497 e. The number of amides is 1. The molecule has 5 nitrogen and oxygen atoms in total. The number of pyridine rings is 2. The quantitative estimate of drug-likeness (QED) is 0.803. The normalized spacial score (nSPS) is 10.4. The molecule has 0 fully saturated rings. The number of nitrogens with one attached hydrogen (secondary N) is 1. The number of methoxy groups -OCH3 is 1. The van der Waals surface area contributed by atoms with Gasteiger partial charge >= 0.3 is 0 Å². The minimum atomic E-state index is -0.178. The highest BCUT2D eigenvalue weighted by molar-refractivity contribution is 5.97. The van der Waals surface area contributed by atoms with Gasteiger partial charge in [0.1, 0.15) is 5.75 Å². The van der Waals surface area contributed by atoms with Crippen LogP contribution in [0.5, 0.6) is 5.75 Å². The van der Waals surface area contributed by atoms with E-state index in [1.807, 2.05) is 36.4 Å². The molecule has 0 aliphatic carbocycles. The predicted octanol–water partition coefficient (Wildman–Crippen LogP) is 2.57. The third kappa shape index (κ3) is 3.03. The Morgan fingerprint density at radius 3 is 2.86 bits per heavy atom.